The third kappa shape index (κ3) is 5.65. The summed E-state index contributed by atoms with van der Waals surface area (Å²) < 4.78 is 24.1. The Balaban J connectivity index is 2.72. The molecular formula is C15H23N3O4S. The van der Waals surface area contributed by atoms with Gasteiger partial charge in [-0.05, 0) is 43.9 Å². The summed E-state index contributed by atoms with van der Waals surface area (Å²) in [5, 5.41) is 2.36. The average Bonchev–Trinajstić information content (AvgIpc) is 2.51. The Hall–Kier alpha value is -1.93. The molecule has 0 bridgehead atoms. The van der Waals surface area contributed by atoms with Crippen LogP contribution in [0.25, 0.3) is 0 Å². The first-order valence-electron chi connectivity index (χ1n) is 7.40. The molecule has 7 nitrogen and oxygen atoms in total. The Morgan fingerprint density at radius 3 is 2.09 bits per heavy atom. The Morgan fingerprint density at radius 2 is 1.61 bits per heavy atom. The first-order chi connectivity index (χ1) is 10.7. The quantitative estimate of drug-likeness (QED) is 0.531. The van der Waals surface area contributed by atoms with Crippen LogP contribution < -0.4 is 15.6 Å². The molecule has 1 unspecified atom stereocenters. The molecule has 0 aromatic heterocycles. The van der Waals surface area contributed by atoms with Gasteiger partial charge >= 0.3 is 11.8 Å². The Labute approximate surface area is 136 Å². The zero-order chi connectivity index (χ0) is 17.6. The van der Waals surface area contributed by atoms with Crippen molar-refractivity contribution in [3.8, 4) is 0 Å². The molecule has 0 fully saturated rings. The molecule has 0 saturated carbocycles. The number of amides is 2. The van der Waals surface area contributed by atoms with Crippen molar-refractivity contribution in [2.45, 2.75) is 51.0 Å². The molecule has 1 aromatic rings. The van der Waals surface area contributed by atoms with Crippen molar-refractivity contribution in [1.82, 2.24) is 15.6 Å². The van der Waals surface area contributed by atoms with E-state index in [2.05, 4.69) is 19.2 Å². The lowest BCUT2D eigenvalue weighted by Crippen LogP contribution is -2.49. The topological polar surface area (TPSA) is 104 Å². The van der Waals surface area contributed by atoms with Crippen molar-refractivity contribution >= 4 is 21.8 Å². The lowest BCUT2D eigenvalue weighted by molar-refractivity contribution is -0.139. The average molecular weight is 341 g/mol. The number of sulfonamides is 1. The van der Waals surface area contributed by atoms with E-state index in [9.17, 15) is 18.0 Å². The van der Waals surface area contributed by atoms with E-state index < -0.39 is 21.8 Å². The molecule has 1 aromatic carbocycles. The van der Waals surface area contributed by atoms with Crippen molar-refractivity contribution in [2.75, 3.05) is 0 Å². The normalized spacial score (nSPS) is 12.7. The maximum Gasteiger partial charge on any atom is 0.324 e. The summed E-state index contributed by atoms with van der Waals surface area (Å²) in [6.07, 6.45) is 0.950. The van der Waals surface area contributed by atoms with Gasteiger partial charge in [0.2, 0.25) is 0 Å². The van der Waals surface area contributed by atoms with Gasteiger partial charge < -0.3 is 5.32 Å². The zero-order valence-electron chi connectivity index (χ0n) is 13.7. The molecule has 0 spiro atoms. The van der Waals surface area contributed by atoms with Crippen LogP contribution in [0.3, 0.4) is 0 Å². The predicted molar refractivity (Wildman–Crippen MR) is 86.9 cm³/mol. The largest absolute Gasteiger partial charge is 0.346 e. The lowest BCUT2D eigenvalue weighted by atomic mass is 9.99. The Kier molecular flexibility index (Phi) is 6.71. The lowest BCUT2D eigenvalue weighted by Gasteiger charge is -2.12. The van der Waals surface area contributed by atoms with Gasteiger partial charge in [-0.1, -0.05) is 26.0 Å². The molecule has 0 aliphatic carbocycles. The minimum Gasteiger partial charge on any atom is -0.346 e. The molecule has 23 heavy (non-hydrogen) atoms. The van der Waals surface area contributed by atoms with E-state index in [1.54, 1.807) is 26.0 Å². The van der Waals surface area contributed by atoms with E-state index in [4.69, 9.17) is 0 Å². The summed E-state index contributed by atoms with van der Waals surface area (Å²) in [7, 11) is -3.93. The van der Waals surface area contributed by atoms with Crippen molar-refractivity contribution in [3.63, 3.8) is 0 Å². The Bertz CT molecular complexity index is 654. The Morgan fingerprint density at radius 1 is 1.04 bits per heavy atom. The van der Waals surface area contributed by atoms with Crippen LogP contribution in [0.1, 0.15) is 45.6 Å². The fourth-order valence-electron chi connectivity index (χ4n) is 1.77. The SMILES string of the molecule is CCC(C)c1ccc(S(=O)(=O)NNC(=O)C(=O)NC(C)C)cc1. The molecule has 0 heterocycles. The van der Waals surface area contributed by atoms with Crippen LogP contribution in [0.15, 0.2) is 29.2 Å². The van der Waals surface area contributed by atoms with Crippen LogP contribution in [0, 0.1) is 0 Å². The van der Waals surface area contributed by atoms with Gasteiger partial charge in [0, 0.05) is 6.04 Å². The molecule has 2 amide bonds. The smallest absolute Gasteiger partial charge is 0.324 e. The van der Waals surface area contributed by atoms with E-state index in [0.29, 0.717) is 5.92 Å². The van der Waals surface area contributed by atoms with Crippen molar-refractivity contribution in [1.29, 1.82) is 0 Å². The van der Waals surface area contributed by atoms with Crippen LogP contribution in [0.5, 0.6) is 0 Å². The summed E-state index contributed by atoms with van der Waals surface area (Å²) in [6.45, 7) is 7.48. The van der Waals surface area contributed by atoms with Gasteiger partial charge in [-0.25, -0.2) is 8.42 Å². The second-order valence-corrected chi connectivity index (χ2v) is 7.25. The summed E-state index contributed by atoms with van der Waals surface area (Å²) in [4.78, 5) is 24.8. The first-order valence-corrected chi connectivity index (χ1v) is 8.88. The number of hydrogen-bond donors (Lipinski definition) is 3. The predicted octanol–water partition coefficient (Wildman–Crippen LogP) is 1.03. The van der Waals surface area contributed by atoms with Crippen LogP contribution in [-0.2, 0) is 19.6 Å². The fourth-order valence-corrected chi connectivity index (χ4v) is 2.61. The highest BCUT2D eigenvalue weighted by Crippen LogP contribution is 2.20. The highest BCUT2D eigenvalue weighted by atomic mass is 32.2. The van der Waals surface area contributed by atoms with Gasteiger partial charge in [0.05, 0.1) is 4.90 Å². The molecule has 0 radical (unpaired) electrons. The summed E-state index contributed by atoms with van der Waals surface area (Å²) in [5.74, 6) is -1.65. The molecule has 1 atom stereocenters. The number of hydrogen-bond acceptors (Lipinski definition) is 4. The molecule has 0 saturated heterocycles. The zero-order valence-corrected chi connectivity index (χ0v) is 14.5. The van der Waals surface area contributed by atoms with Gasteiger partial charge in [-0.2, -0.15) is 0 Å². The minimum absolute atomic E-state index is 0.00845. The second-order valence-electron chi connectivity index (χ2n) is 5.57. The molecular weight excluding hydrogens is 318 g/mol. The minimum atomic E-state index is -3.93. The highest BCUT2D eigenvalue weighted by molar-refractivity contribution is 7.89. The summed E-state index contributed by atoms with van der Waals surface area (Å²) in [6, 6.07) is 6.17. The molecule has 128 valence electrons. The summed E-state index contributed by atoms with van der Waals surface area (Å²) >= 11 is 0. The highest BCUT2D eigenvalue weighted by Gasteiger charge is 2.19. The van der Waals surface area contributed by atoms with Gasteiger partial charge in [0.15, 0.2) is 0 Å². The fraction of sp³-hybridized carbons (Fsp3) is 0.467. The van der Waals surface area contributed by atoms with Crippen LogP contribution >= 0.6 is 0 Å². The van der Waals surface area contributed by atoms with E-state index in [0.717, 1.165) is 12.0 Å². The van der Waals surface area contributed by atoms with Crippen LogP contribution in [-0.4, -0.2) is 26.3 Å². The monoisotopic (exact) mass is 341 g/mol. The third-order valence-electron chi connectivity index (χ3n) is 3.30. The molecule has 8 heteroatoms. The maximum atomic E-state index is 12.1. The van der Waals surface area contributed by atoms with Gasteiger partial charge in [0.25, 0.3) is 10.0 Å². The molecule has 0 aliphatic heterocycles. The van der Waals surface area contributed by atoms with Gasteiger partial charge in [-0.15, -0.1) is 4.83 Å². The first kappa shape index (κ1) is 19.1. The summed E-state index contributed by atoms with van der Waals surface area (Å²) in [5.41, 5.74) is 2.92. The third-order valence-corrected chi connectivity index (χ3v) is 4.56. The molecule has 0 aliphatic rings. The van der Waals surface area contributed by atoms with Gasteiger partial charge in [-0.3, -0.25) is 15.0 Å². The van der Waals surface area contributed by atoms with E-state index in [-0.39, 0.29) is 10.9 Å². The van der Waals surface area contributed by atoms with Crippen LogP contribution in [0.2, 0.25) is 0 Å². The maximum absolute atomic E-state index is 12.1. The van der Waals surface area contributed by atoms with Crippen molar-refractivity contribution < 1.29 is 18.0 Å². The van der Waals surface area contributed by atoms with Crippen molar-refractivity contribution in [3.05, 3.63) is 29.8 Å². The number of nitrogens with one attached hydrogen (secondary N) is 3. The number of hydrazine groups is 1. The number of benzene rings is 1. The number of carbonyl (C=O) groups is 2. The van der Waals surface area contributed by atoms with E-state index >= 15 is 0 Å². The molecule has 3 N–H and O–H groups in total. The van der Waals surface area contributed by atoms with Gasteiger partial charge in [0.1, 0.15) is 0 Å². The number of rotatable bonds is 6. The molecule has 1 rings (SSSR count). The number of carbonyl (C=O) groups excluding carboxylic acids is 2. The standard InChI is InChI=1S/C15H23N3O4S/c1-5-11(4)12-6-8-13(9-7-12)23(21,22)18-17-15(20)14(19)16-10(2)3/h6-11,18H,5H2,1-4H3,(H,16,19)(H,17,20). The second kappa shape index (κ2) is 8.07. The van der Waals surface area contributed by atoms with E-state index in [1.807, 2.05) is 10.3 Å². The van der Waals surface area contributed by atoms with Crippen molar-refractivity contribution in [2.24, 2.45) is 0 Å². The van der Waals surface area contributed by atoms with Crippen LogP contribution in [0.4, 0.5) is 0 Å². The van der Waals surface area contributed by atoms with E-state index in [1.165, 1.54) is 12.1 Å².